The summed E-state index contributed by atoms with van der Waals surface area (Å²) < 4.78 is 5.43. The first-order valence-corrected chi connectivity index (χ1v) is 5.83. The zero-order valence-electron chi connectivity index (χ0n) is 7.50. The molecule has 0 amide bonds. The van der Waals surface area contributed by atoms with E-state index in [0.29, 0.717) is 5.15 Å². The molecule has 0 saturated heterocycles. The lowest BCUT2D eigenvalue weighted by molar-refractivity contribution is 0.317. The van der Waals surface area contributed by atoms with Crippen LogP contribution in [0.1, 0.15) is 6.42 Å². The van der Waals surface area contributed by atoms with Gasteiger partial charge in [0.05, 0.1) is 12.8 Å². The van der Waals surface area contributed by atoms with Crippen LogP contribution in [0.25, 0.3) is 0 Å². The highest BCUT2D eigenvalue weighted by molar-refractivity contribution is 7.98. The van der Waals surface area contributed by atoms with E-state index in [4.69, 9.17) is 16.3 Å². The molecule has 1 rings (SSSR count). The van der Waals surface area contributed by atoms with E-state index < -0.39 is 0 Å². The quantitative estimate of drug-likeness (QED) is 0.560. The van der Waals surface area contributed by atoms with Crippen LogP contribution in [-0.2, 0) is 0 Å². The van der Waals surface area contributed by atoms with Gasteiger partial charge in [0.25, 0.3) is 0 Å². The van der Waals surface area contributed by atoms with Crippen LogP contribution < -0.4 is 4.74 Å². The highest BCUT2D eigenvalue weighted by atomic mass is 35.5. The number of hydrogen-bond acceptors (Lipinski definition) is 3. The topological polar surface area (TPSA) is 22.1 Å². The van der Waals surface area contributed by atoms with Gasteiger partial charge in [-0.25, -0.2) is 4.98 Å². The lowest BCUT2D eigenvalue weighted by Crippen LogP contribution is -1.98. The van der Waals surface area contributed by atoms with Gasteiger partial charge in [0.1, 0.15) is 10.9 Å². The van der Waals surface area contributed by atoms with Gasteiger partial charge < -0.3 is 4.74 Å². The highest BCUT2D eigenvalue weighted by Crippen LogP contribution is 2.12. The van der Waals surface area contributed by atoms with Crippen molar-refractivity contribution in [3.05, 3.63) is 23.5 Å². The van der Waals surface area contributed by atoms with Crippen molar-refractivity contribution in [3.8, 4) is 5.75 Å². The lowest BCUT2D eigenvalue weighted by Gasteiger charge is -2.04. The molecule has 72 valence electrons. The first kappa shape index (κ1) is 10.7. The fourth-order valence-corrected chi connectivity index (χ4v) is 1.36. The number of nitrogens with zero attached hydrogens (tertiary/aromatic N) is 1. The molecule has 0 spiro atoms. The van der Waals surface area contributed by atoms with Gasteiger partial charge in [0.15, 0.2) is 0 Å². The normalized spacial score (nSPS) is 10.0. The maximum Gasteiger partial charge on any atom is 0.137 e. The van der Waals surface area contributed by atoms with Gasteiger partial charge in [-0.1, -0.05) is 11.6 Å². The summed E-state index contributed by atoms with van der Waals surface area (Å²) in [5.74, 6) is 1.91. The van der Waals surface area contributed by atoms with Crippen molar-refractivity contribution >= 4 is 23.4 Å². The molecule has 0 bridgehead atoms. The van der Waals surface area contributed by atoms with E-state index in [9.17, 15) is 0 Å². The molecule has 0 aliphatic carbocycles. The third-order valence-electron chi connectivity index (χ3n) is 1.46. The Morgan fingerprint density at radius 3 is 3.00 bits per heavy atom. The largest absolute Gasteiger partial charge is 0.492 e. The number of halogens is 1. The van der Waals surface area contributed by atoms with Crippen LogP contribution in [0.4, 0.5) is 0 Å². The van der Waals surface area contributed by atoms with Crippen molar-refractivity contribution in [1.29, 1.82) is 0 Å². The van der Waals surface area contributed by atoms with E-state index in [1.807, 2.05) is 17.8 Å². The van der Waals surface area contributed by atoms with E-state index >= 15 is 0 Å². The van der Waals surface area contributed by atoms with Crippen molar-refractivity contribution in [2.45, 2.75) is 6.42 Å². The number of aromatic nitrogens is 1. The third kappa shape index (κ3) is 4.39. The van der Waals surface area contributed by atoms with Crippen LogP contribution in [-0.4, -0.2) is 23.6 Å². The maximum absolute atomic E-state index is 5.63. The second-order valence-corrected chi connectivity index (χ2v) is 3.88. The van der Waals surface area contributed by atoms with Crippen LogP contribution >= 0.6 is 23.4 Å². The van der Waals surface area contributed by atoms with E-state index in [1.54, 1.807) is 12.3 Å². The Morgan fingerprint density at radius 2 is 2.38 bits per heavy atom. The Bertz CT molecular complexity index is 240. The minimum Gasteiger partial charge on any atom is -0.492 e. The Labute approximate surface area is 87.7 Å². The molecule has 2 nitrogen and oxygen atoms in total. The van der Waals surface area contributed by atoms with E-state index in [2.05, 4.69) is 11.2 Å². The number of pyridine rings is 1. The number of rotatable bonds is 5. The number of thioether (sulfide) groups is 1. The van der Waals surface area contributed by atoms with Crippen LogP contribution in [0.15, 0.2) is 18.3 Å². The highest BCUT2D eigenvalue weighted by Gasteiger charge is 1.93. The average Bonchev–Trinajstić information content (AvgIpc) is 2.15. The van der Waals surface area contributed by atoms with Crippen molar-refractivity contribution in [2.75, 3.05) is 18.6 Å². The van der Waals surface area contributed by atoms with E-state index in [0.717, 1.165) is 24.5 Å². The molecule has 0 unspecified atom stereocenters. The molecule has 0 saturated carbocycles. The molecule has 0 aliphatic rings. The molecular formula is C9H12ClNOS. The Hall–Kier alpha value is -0.410. The monoisotopic (exact) mass is 217 g/mol. The van der Waals surface area contributed by atoms with Crippen LogP contribution in [0.2, 0.25) is 5.15 Å². The predicted molar refractivity (Wildman–Crippen MR) is 57.7 cm³/mol. The summed E-state index contributed by atoms with van der Waals surface area (Å²) in [6.07, 6.45) is 4.79. The van der Waals surface area contributed by atoms with Crippen LogP contribution in [0, 0.1) is 0 Å². The van der Waals surface area contributed by atoms with Gasteiger partial charge in [-0.15, -0.1) is 0 Å². The molecule has 13 heavy (non-hydrogen) atoms. The smallest absolute Gasteiger partial charge is 0.137 e. The first-order valence-electron chi connectivity index (χ1n) is 4.06. The van der Waals surface area contributed by atoms with Gasteiger partial charge in [0.2, 0.25) is 0 Å². The molecule has 1 aromatic rings. The molecule has 1 aromatic heterocycles. The van der Waals surface area contributed by atoms with Gasteiger partial charge in [-0.05, 0) is 30.6 Å². The second-order valence-electron chi connectivity index (χ2n) is 2.51. The molecule has 0 N–H and O–H groups in total. The number of ether oxygens (including phenoxy) is 1. The van der Waals surface area contributed by atoms with Gasteiger partial charge in [-0.2, -0.15) is 11.8 Å². The van der Waals surface area contributed by atoms with Gasteiger partial charge in [0, 0.05) is 0 Å². The van der Waals surface area contributed by atoms with Crippen molar-refractivity contribution in [1.82, 2.24) is 4.98 Å². The summed E-state index contributed by atoms with van der Waals surface area (Å²) in [4.78, 5) is 3.91. The van der Waals surface area contributed by atoms with E-state index in [-0.39, 0.29) is 0 Å². The summed E-state index contributed by atoms with van der Waals surface area (Å²) in [7, 11) is 0. The zero-order chi connectivity index (χ0) is 9.52. The van der Waals surface area contributed by atoms with Gasteiger partial charge >= 0.3 is 0 Å². The molecule has 0 aliphatic heterocycles. The Kier molecular flexibility index (Phi) is 5.01. The predicted octanol–water partition coefficient (Wildman–Crippen LogP) is 2.87. The Balaban J connectivity index is 2.25. The molecule has 0 radical (unpaired) electrons. The standard InChI is InChI=1S/C9H12ClNOS/c1-13-6-2-5-12-8-3-4-9(10)11-7-8/h3-4,7H,2,5-6H2,1H3. The van der Waals surface area contributed by atoms with Crippen molar-refractivity contribution in [3.63, 3.8) is 0 Å². The fourth-order valence-electron chi connectivity index (χ4n) is 0.841. The summed E-state index contributed by atoms with van der Waals surface area (Å²) >= 11 is 7.45. The molecule has 1 heterocycles. The van der Waals surface area contributed by atoms with E-state index in [1.165, 1.54) is 0 Å². The lowest BCUT2D eigenvalue weighted by atomic mass is 10.4. The minimum atomic E-state index is 0.497. The molecule has 0 atom stereocenters. The first-order chi connectivity index (χ1) is 6.33. The molecule has 0 aromatic carbocycles. The van der Waals surface area contributed by atoms with Crippen LogP contribution in [0.3, 0.4) is 0 Å². The average molecular weight is 218 g/mol. The molecular weight excluding hydrogens is 206 g/mol. The maximum atomic E-state index is 5.63. The summed E-state index contributed by atoms with van der Waals surface area (Å²) in [5, 5.41) is 0.497. The molecule has 4 heteroatoms. The molecule has 0 fully saturated rings. The summed E-state index contributed by atoms with van der Waals surface area (Å²) in [6, 6.07) is 3.56. The van der Waals surface area contributed by atoms with Crippen molar-refractivity contribution in [2.24, 2.45) is 0 Å². The summed E-state index contributed by atoms with van der Waals surface area (Å²) in [5.41, 5.74) is 0. The minimum absolute atomic E-state index is 0.497. The third-order valence-corrected chi connectivity index (χ3v) is 2.38. The summed E-state index contributed by atoms with van der Waals surface area (Å²) in [6.45, 7) is 0.740. The zero-order valence-corrected chi connectivity index (χ0v) is 9.07. The number of hydrogen-bond donors (Lipinski definition) is 0. The van der Waals surface area contributed by atoms with Crippen LogP contribution in [0.5, 0.6) is 5.75 Å². The van der Waals surface area contributed by atoms with Crippen molar-refractivity contribution < 1.29 is 4.74 Å². The SMILES string of the molecule is CSCCCOc1ccc(Cl)nc1. The Morgan fingerprint density at radius 1 is 1.54 bits per heavy atom. The van der Waals surface area contributed by atoms with Gasteiger partial charge in [-0.3, -0.25) is 0 Å². The fraction of sp³-hybridized carbons (Fsp3) is 0.444. The second kappa shape index (κ2) is 6.11.